The molecule has 94 valence electrons. The van der Waals surface area contributed by atoms with Crippen LogP contribution in [0.15, 0.2) is 18.3 Å². The molecule has 0 saturated carbocycles. The number of carbonyl (C=O) groups excluding carboxylic acids is 1. The molecule has 1 saturated heterocycles. The minimum absolute atomic E-state index is 0. The summed E-state index contributed by atoms with van der Waals surface area (Å²) in [6.07, 6.45) is 1.51. The quantitative estimate of drug-likeness (QED) is 0.775. The van der Waals surface area contributed by atoms with Crippen LogP contribution in [0.4, 0.5) is 0 Å². The Bertz CT molecular complexity index is 400. The third-order valence-electron chi connectivity index (χ3n) is 2.75. The molecule has 17 heavy (non-hydrogen) atoms. The first-order chi connectivity index (χ1) is 7.70. The molecule has 0 spiro atoms. The van der Waals surface area contributed by atoms with Crippen molar-refractivity contribution in [2.24, 2.45) is 0 Å². The predicted molar refractivity (Wildman–Crippen MR) is 66.5 cm³/mol. The molecular formula is C11H16ClN3O2. The highest BCUT2D eigenvalue weighted by Gasteiger charge is 2.26. The molecule has 1 amide bonds. The number of carbonyl (C=O) groups is 1. The van der Waals surface area contributed by atoms with E-state index in [1.165, 1.54) is 12.3 Å². The number of nitrogens with zero attached hydrogens (tertiary/aromatic N) is 2. The van der Waals surface area contributed by atoms with E-state index in [9.17, 15) is 9.90 Å². The number of pyridine rings is 1. The van der Waals surface area contributed by atoms with Crippen molar-refractivity contribution in [1.29, 1.82) is 0 Å². The highest BCUT2D eigenvalue weighted by atomic mass is 35.5. The Balaban J connectivity index is 0.00000144. The summed E-state index contributed by atoms with van der Waals surface area (Å²) in [7, 11) is 0. The molecule has 0 radical (unpaired) electrons. The number of nitrogens with one attached hydrogen (secondary N) is 1. The zero-order valence-electron chi connectivity index (χ0n) is 9.59. The third kappa shape index (κ3) is 2.87. The molecule has 0 aliphatic carbocycles. The Labute approximate surface area is 106 Å². The summed E-state index contributed by atoms with van der Waals surface area (Å²) in [6.45, 7) is 4.18. The van der Waals surface area contributed by atoms with Crippen LogP contribution in [0, 0.1) is 0 Å². The molecule has 2 rings (SSSR count). The molecule has 0 unspecified atom stereocenters. The maximum Gasteiger partial charge on any atom is 0.276 e. The van der Waals surface area contributed by atoms with Crippen LogP contribution in [0.25, 0.3) is 0 Å². The minimum Gasteiger partial charge on any atom is -0.505 e. The summed E-state index contributed by atoms with van der Waals surface area (Å²) in [6, 6.07) is 3.21. The van der Waals surface area contributed by atoms with E-state index in [2.05, 4.69) is 10.3 Å². The first kappa shape index (κ1) is 13.7. The van der Waals surface area contributed by atoms with E-state index >= 15 is 0 Å². The molecule has 1 fully saturated rings. The molecule has 6 heteroatoms. The number of rotatable bonds is 1. The molecule has 1 aromatic heterocycles. The molecule has 2 heterocycles. The van der Waals surface area contributed by atoms with Crippen LogP contribution >= 0.6 is 12.4 Å². The van der Waals surface area contributed by atoms with E-state index < -0.39 is 0 Å². The molecule has 1 aliphatic rings. The average molecular weight is 258 g/mol. The lowest BCUT2D eigenvalue weighted by atomic mass is 10.2. The van der Waals surface area contributed by atoms with Gasteiger partial charge in [0.1, 0.15) is 5.75 Å². The van der Waals surface area contributed by atoms with Crippen LogP contribution in [0.2, 0.25) is 0 Å². The summed E-state index contributed by atoms with van der Waals surface area (Å²) in [4.78, 5) is 17.8. The fourth-order valence-electron chi connectivity index (χ4n) is 1.84. The van der Waals surface area contributed by atoms with E-state index in [4.69, 9.17) is 0 Å². The number of amides is 1. The highest BCUT2D eigenvalue weighted by Crippen LogP contribution is 2.16. The fraction of sp³-hybridized carbons (Fsp3) is 0.455. The van der Waals surface area contributed by atoms with E-state index in [0.29, 0.717) is 6.54 Å². The van der Waals surface area contributed by atoms with Gasteiger partial charge < -0.3 is 15.3 Å². The van der Waals surface area contributed by atoms with Crippen LogP contribution in [0.1, 0.15) is 17.4 Å². The van der Waals surface area contributed by atoms with Crippen LogP contribution < -0.4 is 5.32 Å². The van der Waals surface area contributed by atoms with Crippen LogP contribution in [-0.2, 0) is 0 Å². The van der Waals surface area contributed by atoms with E-state index in [1.807, 2.05) is 6.92 Å². The normalized spacial score (nSPS) is 19.6. The second kappa shape index (κ2) is 5.84. The van der Waals surface area contributed by atoms with E-state index in [0.717, 1.165) is 13.1 Å². The number of hydrogen-bond acceptors (Lipinski definition) is 4. The number of aromatic hydroxyl groups is 1. The SMILES string of the molecule is C[C@H]1CNCCN1C(=O)c1ncccc1O.Cl. The Kier molecular flexibility index (Phi) is 4.72. The first-order valence-corrected chi connectivity index (χ1v) is 5.36. The van der Waals surface area contributed by atoms with Crippen LogP contribution in [0.5, 0.6) is 5.75 Å². The Morgan fingerprint density at radius 2 is 2.41 bits per heavy atom. The second-order valence-electron chi connectivity index (χ2n) is 3.92. The maximum atomic E-state index is 12.1. The van der Waals surface area contributed by atoms with Crippen molar-refractivity contribution in [3.8, 4) is 5.75 Å². The molecule has 1 atom stereocenters. The smallest absolute Gasteiger partial charge is 0.276 e. The fourth-order valence-corrected chi connectivity index (χ4v) is 1.84. The Morgan fingerprint density at radius 3 is 3.06 bits per heavy atom. The first-order valence-electron chi connectivity index (χ1n) is 5.36. The van der Waals surface area contributed by atoms with Gasteiger partial charge in [0, 0.05) is 31.9 Å². The summed E-state index contributed by atoms with van der Waals surface area (Å²) in [5.41, 5.74) is 0.135. The average Bonchev–Trinajstić information content (AvgIpc) is 2.29. The molecule has 1 aromatic rings. The maximum absolute atomic E-state index is 12.1. The van der Waals surface area contributed by atoms with Crippen molar-refractivity contribution in [3.63, 3.8) is 0 Å². The van der Waals surface area contributed by atoms with Gasteiger partial charge >= 0.3 is 0 Å². The van der Waals surface area contributed by atoms with Gasteiger partial charge in [0.25, 0.3) is 5.91 Å². The molecule has 1 aliphatic heterocycles. The second-order valence-corrected chi connectivity index (χ2v) is 3.92. The summed E-state index contributed by atoms with van der Waals surface area (Å²) >= 11 is 0. The van der Waals surface area contributed by atoms with Gasteiger partial charge in [0.2, 0.25) is 0 Å². The largest absolute Gasteiger partial charge is 0.505 e. The monoisotopic (exact) mass is 257 g/mol. The van der Waals surface area contributed by atoms with Crippen molar-refractivity contribution >= 4 is 18.3 Å². The van der Waals surface area contributed by atoms with Gasteiger partial charge in [-0.2, -0.15) is 0 Å². The van der Waals surface area contributed by atoms with Crippen LogP contribution in [-0.4, -0.2) is 46.6 Å². The zero-order chi connectivity index (χ0) is 11.5. The number of aromatic nitrogens is 1. The highest BCUT2D eigenvalue weighted by molar-refractivity contribution is 5.95. The minimum atomic E-state index is -0.202. The standard InChI is InChI=1S/C11H15N3O2.ClH/c1-8-7-12-5-6-14(8)11(16)10-9(15)3-2-4-13-10;/h2-4,8,12,15H,5-7H2,1H3;1H/t8-;/m0./s1. The molecule has 2 N–H and O–H groups in total. The third-order valence-corrected chi connectivity index (χ3v) is 2.75. The van der Waals surface area contributed by atoms with Gasteiger partial charge in [0.05, 0.1) is 0 Å². The summed E-state index contributed by atoms with van der Waals surface area (Å²) in [5, 5.41) is 12.8. The van der Waals surface area contributed by atoms with Crippen LogP contribution in [0.3, 0.4) is 0 Å². The Morgan fingerprint density at radius 1 is 1.65 bits per heavy atom. The lowest BCUT2D eigenvalue weighted by Crippen LogP contribution is -2.52. The topological polar surface area (TPSA) is 65.5 Å². The van der Waals surface area contributed by atoms with Gasteiger partial charge in [-0.1, -0.05) is 0 Å². The van der Waals surface area contributed by atoms with Gasteiger partial charge in [-0.15, -0.1) is 12.4 Å². The predicted octanol–water partition coefficient (Wildman–Crippen LogP) is 0.643. The van der Waals surface area contributed by atoms with Gasteiger partial charge in [-0.05, 0) is 19.1 Å². The van der Waals surface area contributed by atoms with Gasteiger partial charge in [-0.3, -0.25) is 4.79 Å². The van der Waals surface area contributed by atoms with Crippen molar-refractivity contribution in [3.05, 3.63) is 24.0 Å². The number of piperazine rings is 1. The number of hydrogen-bond donors (Lipinski definition) is 2. The molecular weight excluding hydrogens is 242 g/mol. The van der Waals surface area contributed by atoms with E-state index in [1.54, 1.807) is 11.0 Å². The van der Waals surface area contributed by atoms with Crippen molar-refractivity contribution in [1.82, 2.24) is 15.2 Å². The lowest BCUT2D eigenvalue weighted by molar-refractivity contribution is 0.0646. The lowest BCUT2D eigenvalue weighted by Gasteiger charge is -2.33. The van der Waals surface area contributed by atoms with Crippen molar-refractivity contribution in [2.45, 2.75) is 13.0 Å². The molecule has 0 bridgehead atoms. The molecule has 5 nitrogen and oxygen atoms in total. The van der Waals surface area contributed by atoms with Gasteiger partial charge in [0.15, 0.2) is 5.69 Å². The summed E-state index contributed by atoms with van der Waals surface area (Å²) < 4.78 is 0. The van der Waals surface area contributed by atoms with Gasteiger partial charge in [-0.25, -0.2) is 4.98 Å². The Hall–Kier alpha value is -1.33. The summed E-state index contributed by atoms with van der Waals surface area (Å²) in [5.74, 6) is -0.259. The molecule has 0 aromatic carbocycles. The zero-order valence-corrected chi connectivity index (χ0v) is 10.4. The van der Waals surface area contributed by atoms with E-state index in [-0.39, 0.29) is 35.8 Å². The van der Waals surface area contributed by atoms with Crippen molar-refractivity contribution < 1.29 is 9.90 Å². The van der Waals surface area contributed by atoms with Crippen molar-refractivity contribution in [2.75, 3.05) is 19.6 Å². The number of halogens is 1.